The summed E-state index contributed by atoms with van der Waals surface area (Å²) in [4.78, 5) is 25.3. The molecule has 2 rings (SSSR count). The highest BCUT2D eigenvalue weighted by atomic mass is 35.5. The number of aromatic nitrogens is 2. The zero-order valence-electron chi connectivity index (χ0n) is 11.0. The van der Waals surface area contributed by atoms with E-state index in [0.717, 1.165) is 6.42 Å². The van der Waals surface area contributed by atoms with E-state index >= 15 is 0 Å². The van der Waals surface area contributed by atoms with Gasteiger partial charge in [0.15, 0.2) is 5.69 Å². The minimum atomic E-state index is -0.172. The predicted octanol–water partition coefficient (Wildman–Crippen LogP) is 0.970. The first kappa shape index (κ1) is 13.9. The summed E-state index contributed by atoms with van der Waals surface area (Å²) in [5.74, 6) is 0.0458. The maximum Gasteiger partial charge on any atom is 0.275 e. The largest absolute Gasteiger partial charge is 0.359 e. The average Bonchev–Trinajstić information content (AvgIpc) is 2.98. The van der Waals surface area contributed by atoms with E-state index in [9.17, 15) is 9.59 Å². The molecule has 1 aliphatic heterocycles. The van der Waals surface area contributed by atoms with Crippen LogP contribution in [0.15, 0.2) is 0 Å². The van der Waals surface area contributed by atoms with Crippen molar-refractivity contribution in [3.63, 3.8) is 0 Å². The van der Waals surface area contributed by atoms with Gasteiger partial charge in [-0.05, 0) is 19.3 Å². The molecule has 2 N–H and O–H groups in total. The molecule has 0 spiro atoms. The number of H-pyrrole nitrogens is 1. The van der Waals surface area contributed by atoms with Crippen molar-refractivity contribution in [2.75, 3.05) is 20.1 Å². The number of hydrogen-bond acceptors (Lipinski definition) is 3. The summed E-state index contributed by atoms with van der Waals surface area (Å²) in [5, 5.41) is 9.61. The van der Waals surface area contributed by atoms with Crippen LogP contribution in [0.3, 0.4) is 0 Å². The van der Waals surface area contributed by atoms with Gasteiger partial charge in [0.25, 0.3) is 5.91 Å². The minimum Gasteiger partial charge on any atom is -0.359 e. The van der Waals surface area contributed by atoms with Gasteiger partial charge in [-0.3, -0.25) is 14.7 Å². The molecule has 1 aromatic heterocycles. The number of halogens is 1. The van der Waals surface area contributed by atoms with Crippen LogP contribution in [0.1, 0.15) is 29.0 Å². The topological polar surface area (TPSA) is 78.1 Å². The van der Waals surface area contributed by atoms with E-state index in [1.54, 1.807) is 18.9 Å². The molecule has 0 aliphatic carbocycles. The number of nitrogens with zero attached hydrogens (tertiary/aromatic N) is 2. The highest BCUT2D eigenvalue weighted by molar-refractivity contribution is 6.34. The number of aromatic amines is 1. The van der Waals surface area contributed by atoms with Gasteiger partial charge in [-0.25, -0.2) is 0 Å². The fourth-order valence-electron chi connectivity index (χ4n) is 2.25. The lowest BCUT2D eigenvalue weighted by Crippen LogP contribution is -2.30. The molecular weight excluding hydrogens is 268 g/mol. The fourth-order valence-corrected chi connectivity index (χ4v) is 2.42. The average molecular weight is 285 g/mol. The van der Waals surface area contributed by atoms with Crippen LogP contribution in [-0.2, 0) is 4.79 Å². The maximum atomic E-state index is 12.2. The Balaban J connectivity index is 1.99. The number of carbonyl (C=O) groups excluding carboxylic acids is 2. The van der Waals surface area contributed by atoms with Crippen LogP contribution in [0.2, 0.25) is 5.02 Å². The van der Waals surface area contributed by atoms with Crippen LogP contribution in [0.25, 0.3) is 0 Å². The van der Waals surface area contributed by atoms with Crippen molar-refractivity contribution in [3.05, 3.63) is 16.4 Å². The summed E-state index contributed by atoms with van der Waals surface area (Å²) in [6.07, 6.45) is 1.29. The van der Waals surface area contributed by atoms with Gasteiger partial charge < -0.3 is 10.2 Å². The Morgan fingerprint density at radius 1 is 1.58 bits per heavy atom. The highest BCUT2D eigenvalue weighted by Gasteiger charge is 2.30. The van der Waals surface area contributed by atoms with Crippen molar-refractivity contribution in [1.29, 1.82) is 0 Å². The second-order valence-electron chi connectivity index (χ2n) is 4.79. The van der Waals surface area contributed by atoms with Gasteiger partial charge in [0, 0.05) is 26.6 Å². The van der Waals surface area contributed by atoms with Crippen LogP contribution >= 0.6 is 11.6 Å². The molecule has 0 radical (unpaired) electrons. The Morgan fingerprint density at radius 3 is 2.89 bits per heavy atom. The highest BCUT2D eigenvalue weighted by Crippen LogP contribution is 2.24. The molecule has 2 heterocycles. The van der Waals surface area contributed by atoms with Gasteiger partial charge in [0.05, 0.1) is 10.7 Å². The van der Waals surface area contributed by atoms with Crippen molar-refractivity contribution >= 4 is 23.4 Å². The monoisotopic (exact) mass is 284 g/mol. The third kappa shape index (κ3) is 2.89. The molecule has 1 aliphatic rings. The maximum absolute atomic E-state index is 12.2. The van der Waals surface area contributed by atoms with Crippen LogP contribution in [-0.4, -0.2) is 47.0 Å². The number of hydrogen-bond donors (Lipinski definition) is 2. The van der Waals surface area contributed by atoms with Crippen molar-refractivity contribution < 1.29 is 9.59 Å². The molecule has 0 bridgehead atoms. The van der Waals surface area contributed by atoms with Crippen molar-refractivity contribution in [2.24, 2.45) is 5.92 Å². The number of carbonyl (C=O) groups is 2. The molecule has 19 heavy (non-hydrogen) atoms. The van der Waals surface area contributed by atoms with Gasteiger partial charge in [-0.15, -0.1) is 0 Å². The standard InChI is InChI=1S/C12H17ClN4O2/c1-7-10(13)11(16-15-7)12(19)17-4-3-8(6-17)5-9(18)14-2/h8H,3-6H2,1-2H3,(H,14,18)(H,15,16). The van der Waals surface area contributed by atoms with E-state index in [-0.39, 0.29) is 23.4 Å². The molecule has 104 valence electrons. The molecule has 0 aromatic carbocycles. The summed E-state index contributed by atoms with van der Waals surface area (Å²) in [7, 11) is 1.62. The lowest BCUT2D eigenvalue weighted by Gasteiger charge is -2.15. The summed E-state index contributed by atoms with van der Waals surface area (Å²) in [6, 6.07) is 0. The Morgan fingerprint density at radius 2 is 2.32 bits per heavy atom. The van der Waals surface area contributed by atoms with E-state index in [4.69, 9.17) is 11.6 Å². The number of rotatable bonds is 3. The van der Waals surface area contributed by atoms with Crippen molar-refractivity contribution in [3.8, 4) is 0 Å². The Bertz CT molecular complexity index is 500. The molecule has 1 saturated heterocycles. The Labute approximate surface area is 116 Å². The molecule has 1 fully saturated rings. The van der Waals surface area contributed by atoms with Crippen LogP contribution in [0.4, 0.5) is 0 Å². The Hall–Kier alpha value is -1.56. The minimum absolute atomic E-state index is 0.00736. The van der Waals surface area contributed by atoms with Gasteiger partial charge in [-0.1, -0.05) is 11.6 Å². The van der Waals surface area contributed by atoms with Crippen LogP contribution < -0.4 is 5.32 Å². The van der Waals surface area contributed by atoms with E-state index in [1.165, 1.54) is 0 Å². The van der Waals surface area contributed by atoms with E-state index in [1.807, 2.05) is 0 Å². The van der Waals surface area contributed by atoms with E-state index in [2.05, 4.69) is 15.5 Å². The quantitative estimate of drug-likeness (QED) is 0.868. The first-order valence-corrected chi connectivity index (χ1v) is 6.61. The second kappa shape index (κ2) is 5.61. The molecule has 1 unspecified atom stereocenters. The summed E-state index contributed by atoms with van der Waals surface area (Å²) < 4.78 is 0. The molecule has 1 aromatic rings. The van der Waals surface area contributed by atoms with Gasteiger partial charge in [0.2, 0.25) is 5.91 Å². The van der Waals surface area contributed by atoms with Crippen molar-refractivity contribution in [2.45, 2.75) is 19.8 Å². The summed E-state index contributed by atoms with van der Waals surface area (Å²) >= 11 is 6.02. The third-order valence-corrected chi connectivity index (χ3v) is 3.86. The first-order valence-electron chi connectivity index (χ1n) is 6.23. The fraction of sp³-hybridized carbons (Fsp3) is 0.583. The number of aryl methyl sites for hydroxylation is 1. The second-order valence-corrected chi connectivity index (χ2v) is 5.17. The predicted molar refractivity (Wildman–Crippen MR) is 71.0 cm³/mol. The number of amides is 2. The molecule has 7 heteroatoms. The molecule has 6 nitrogen and oxygen atoms in total. The van der Waals surface area contributed by atoms with Crippen LogP contribution in [0.5, 0.6) is 0 Å². The summed E-state index contributed by atoms with van der Waals surface area (Å²) in [6.45, 7) is 2.99. The number of nitrogens with one attached hydrogen (secondary N) is 2. The normalized spacial score (nSPS) is 18.7. The zero-order valence-corrected chi connectivity index (χ0v) is 11.8. The number of likely N-dealkylation sites (tertiary alicyclic amines) is 1. The third-order valence-electron chi connectivity index (χ3n) is 3.40. The van der Waals surface area contributed by atoms with Gasteiger partial charge in [0.1, 0.15) is 0 Å². The summed E-state index contributed by atoms with van der Waals surface area (Å²) in [5.41, 5.74) is 0.950. The lowest BCUT2D eigenvalue weighted by molar-refractivity contribution is -0.121. The molecule has 2 amide bonds. The first-order chi connectivity index (χ1) is 9.02. The molecule has 0 saturated carbocycles. The molecular formula is C12H17ClN4O2. The lowest BCUT2D eigenvalue weighted by atomic mass is 10.0. The van der Waals surface area contributed by atoms with Crippen molar-refractivity contribution in [1.82, 2.24) is 20.4 Å². The van der Waals surface area contributed by atoms with E-state index in [0.29, 0.717) is 30.2 Å². The SMILES string of the molecule is CNC(=O)CC1CCN(C(=O)c2n[nH]c(C)c2Cl)C1. The smallest absolute Gasteiger partial charge is 0.275 e. The van der Waals surface area contributed by atoms with Gasteiger partial charge in [-0.2, -0.15) is 5.10 Å². The molecule has 1 atom stereocenters. The van der Waals surface area contributed by atoms with Crippen LogP contribution in [0, 0.1) is 12.8 Å². The van der Waals surface area contributed by atoms with E-state index < -0.39 is 0 Å². The Kier molecular flexibility index (Phi) is 4.09. The zero-order chi connectivity index (χ0) is 14.0. The van der Waals surface area contributed by atoms with Gasteiger partial charge >= 0.3 is 0 Å².